The maximum atomic E-state index is 2.92. The minimum atomic E-state index is 1.27. The van der Waals surface area contributed by atoms with Crippen molar-refractivity contribution >= 4 is 0 Å². The second-order valence-electron chi connectivity index (χ2n) is 23.4. The largest absolute Gasteiger partial charge is 0.303 e. The van der Waals surface area contributed by atoms with Gasteiger partial charge in [-0.15, -0.1) is 0 Å². The van der Waals surface area contributed by atoms with Gasteiger partial charge in [0, 0.05) is 52.4 Å². The van der Waals surface area contributed by atoms with Crippen LogP contribution in [0.2, 0.25) is 0 Å². The number of rotatable bonds is 59. The summed E-state index contributed by atoms with van der Waals surface area (Å²) < 4.78 is 0. The molecule has 1 heterocycles. The van der Waals surface area contributed by atoms with E-state index in [1.54, 1.807) is 0 Å². The van der Waals surface area contributed by atoms with Crippen LogP contribution in [0.3, 0.4) is 0 Å². The number of unbranched alkanes of at least 4 members (excludes halogenated alkanes) is 39. The van der Waals surface area contributed by atoms with E-state index in [2.05, 4.69) is 59.1 Å². The number of hydrogen-bond acceptors (Lipinski definition) is 5. The Morgan fingerprint density at radius 2 is 0.371 bits per heavy atom. The first-order chi connectivity index (χ1) is 34.7. The summed E-state index contributed by atoms with van der Waals surface area (Å²) in [6, 6.07) is 0. The molecule has 1 saturated heterocycles. The third kappa shape index (κ3) is 47.5. The lowest BCUT2D eigenvalue weighted by molar-refractivity contribution is 0.110. The standard InChI is InChI=1S/C65H135N5/c1-6-11-16-21-26-29-32-37-42-47-53-67(54-48-43-38-33-30-27-22-17-12-7-2)58-59-68(55-49-44-39-34-31-28-23-18-13-8-3)60-63-70-64-61-69(62-65-70)57-50-56-66(51-45-40-35-24-19-14-9-4)52-46-41-36-25-20-15-10-5/h6-65H2,1-5H3. The Hall–Kier alpha value is -0.200. The molecule has 0 amide bonds. The van der Waals surface area contributed by atoms with E-state index in [0.29, 0.717) is 0 Å². The maximum Gasteiger partial charge on any atom is 0.0110 e. The van der Waals surface area contributed by atoms with E-state index in [1.165, 1.54) is 387 Å². The first kappa shape index (κ1) is 67.8. The van der Waals surface area contributed by atoms with Crippen molar-refractivity contribution in [2.45, 2.75) is 324 Å². The summed E-state index contributed by atoms with van der Waals surface area (Å²) >= 11 is 0. The second-order valence-corrected chi connectivity index (χ2v) is 23.4. The molecule has 0 unspecified atom stereocenters. The molecule has 1 rings (SSSR count). The lowest BCUT2D eigenvalue weighted by Gasteiger charge is -2.36. The van der Waals surface area contributed by atoms with Gasteiger partial charge >= 0.3 is 0 Å². The van der Waals surface area contributed by atoms with Crippen LogP contribution in [0, 0.1) is 0 Å². The minimum Gasteiger partial charge on any atom is -0.303 e. The fraction of sp³-hybridized carbons (Fsp3) is 1.00. The molecular weight excluding hydrogens is 851 g/mol. The van der Waals surface area contributed by atoms with E-state index in [4.69, 9.17) is 0 Å². The van der Waals surface area contributed by atoms with Gasteiger partial charge in [0.2, 0.25) is 0 Å². The van der Waals surface area contributed by atoms with Gasteiger partial charge in [-0.1, -0.05) is 285 Å². The van der Waals surface area contributed by atoms with Gasteiger partial charge < -0.3 is 19.6 Å². The molecule has 1 aliphatic rings. The molecule has 420 valence electrons. The predicted octanol–water partition coefficient (Wildman–Crippen LogP) is 19.2. The van der Waals surface area contributed by atoms with Gasteiger partial charge in [0.15, 0.2) is 0 Å². The third-order valence-corrected chi connectivity index (χ3v) is 16.5. The lowest BCUT2D eigenvalue weighted by atomic mass is 10.1. The van der Waals surface area contributed by atoms with Crippen LogP contribution in [-0.4, -0.2) is 123 Å². The van der Waals surface area contributed by atoms with Crippen molar-refractivity contribution in [1.29, 1.82) is 0 Å². The van der Waals surface area contributed by atoms with Crippen LogP contribution in [0.1, 0.15) is 324 Å². The fourth-order valence-electron chi connectivity index (χ4n) is 11.4. The van der Waals surface area contributed by atoms with Crippen molar-refractivity contribution in [1.82, 2.24) is 24.5 Å². The van der Waals surface area contributed by atoms with Gasteiger partial charge in [-0.25, -0.2) is 0 Å². The number of nitrogens with zero attached hydrogens (tertiary/aromatic N) is 5. The highest BCUT2D eigenvalue weighted by atomic mass is 15.3. The molecule has 70 heavy (non-hydrogen) atoms. The molecule has 0 aromatic heterocycles. The Morgan fingerprint density at radius 1 is 0.186 bits per heavy atom. The van der Waals surface area contributed by atoms with Crippen molar-refractivity contribution in [2.24, 2.45) is 0 Å². The van der Waals surface area contributed by atoms with Crippen LogP contribution in [0.15, 0.2) is 0 Å². The van der Waals surface area contributed by atoms with Gasteiger partial charge in [-0.2, -0.15) is 0 Å². The van der Waals surface area contributed by atoms with E-state index in [0.717, 1.165) is 0 Å². The zero-order chi connectivity index (χ0) is 50.3. The van der Waals surface area contributed by atoms with E-state index < -0.39 is 0 Å². The maximum absolute atomic E-state index is 2.92. The van der Waals surface area contributed by atoms with Crippen LogP contribution >= 0.6 is 0 Å². The van der Waals surface area contributed by atoms with E-state index in [1.807, 2.05) is 0 Å². The first-order valence-corrected chi connectivity index (χ1v) is 33.3. The summed E-state index contributed by atoms with van der Waals surface area (Å²) in [5, 5.41) is 0. The normalized spacial score (nSPS) is 13.9. The van der Waals surface area contributed by atoms with Crippen molar-refractivity contribution in [3.8, 4) is 0 Å². The Labute approximate surface area is 444 Å². The molecule has 5 nitrogen and oxygen atoms in total. The highest BCUT2D eigenvalue weighted by Crippen LogP contribution is 2.16. The number of hydrogen-bond donors (Lipinski definition) is 0. The van der Waals surface area contributed by atoms with Gasteiger partial charge in [-0.05, 0) is 84.3 Å². The summed E-state index contributed by atoms with van der Waals surface area (Å²) in [4.78, 5) is 14.4. The Morgan fingerprint density at radius 3 is 0.629 bits per heavy atom. The highest BCUT2D eigenvalue weighted by molar-refractivity contribution is 4.75. The molecule has 0 saturated carbocycles. The van der Waals surface area contributed by atoms with Crippen LogP contribution < -0.4 is 0 Å². The Bertz CT molecular complexity index is 910. The van der Waals surface area contributed by atoms with E-state index in [-0.39, 0.29) is 0 Å². The molecule has 0 N–H and O–H groups in total. The zero-order valence-electron chi connectivity index (χ0n) is 49.7. The minimum absolute atomic E-state index is 1.27. The van der Waals surface area contributed by atoms with Crippen molar-refractivity contribution in [3.05, 3.63) is 0 Å². The van der Waals surface area contributed by atoms with Gasteiger partial charge in [0.25, 0.3) is 0 Å². The molecule has 1 aliphatic heterocycles. The smallest absolute Gasteiger partial charge is 0.0110 e. The molecule has 1 fully saturated rings. The molecule has 0 atom stereocenters. The molecule has 0 bridgehead atoms. The lowest BCUT2D eigenvalue weighted by Crippen LogP contribution is -2.49. The zero-order valence-corrected chi connectivity index (χ0v) is 49.7. The second kappa shape index (κ2) is 56.5. The highest BCUT2D eigenvalue weighted by Gasteiger charge is 2.19. The molecule has 5 heteroatoms. The number of piperazine rings is 1. The quantitative estimate of drug-likeness (QED) is 0.0563. The molecule has 0 aromatic carbocycles. The molecule has 0 aliphatic carbocycles. The summed E-state index contributed by atoms with van der Waals surface area (Å²) in [7, 11) is 0. The Kier molecular flexibility index (Phi) is 54.8. The summed E-state index contributed by atoms with van der Waals surface area (Å²) in [5.74, 6) is 0. The average Bonchev–Trinajstić information content (AvgIpc) is 3.37. The summed E-state index contributed by atoms with van der Waals surface area (Å²) in [6.45, 7) is 31.2. The summed E-state index contributed by atoms with van der Waals surface area (Å²) in [5.41, 5.74) is 0. The van der Waals surface area contributed by atoms with E-state index >= 15 is 0 Å². The monoisotopic (exact) mass is 986 g/mol. The average molecular weight is 987 g/mol. The van der Waals surface area contributed by atoms with Crippen LogP contribution in [0.25, 0.3) is 0 Å². The van der Waals surface area contributed by atoms with Gasteiger partial charge in [0.1, 0.15) is 0 Å². The van der Waals surface area contributed by atoms with E-state index in [9.17, 15) is 0 Å². The van der Waals surface area contributed by atoms with Crippen molar-refractivity contribution in [2.75, 3.05) is 98.2 Å². The topological polar surface area (TPSA) is 16.2 Å². The first-order valence-electron chi connectivity index (χ1n) is 33.3. The van der Waals surface area contributed by atoms with Crippen molar-refractivity contribution < 1.29 is 0 Å². The van der Waals surface area contributed by atoms with Gasteiger partial charge in [0.05, 0.1) is 0 Å². The molecule has 0 aromatic rings. The third-order valence-electron chi connectivity index (χ3n) is 16.5. The SMILES string of the molecule is CCCCCCCCCCCCN(CCCCCCCCCCCC)CCN(CCCCCCCCCCCC)CCN1CCN(CCCN(CCCCCCCCC)CCCCCCCCC)CC1. The Balaban J connectivity index is 2.67. The van der Waals surface area contributed by atoms with Gasteiger partial charge in [-0.3, -0.25) is 4.90 Å². The predicted molar refractivity (Wildman–Crippen MR) is 318 cm³/mol. The molecular formula is C65H135N5. The van der Waals surface area contributed by atoms with Crippen molar-refractivity contribution in [3.63, 3.8) is 0 Å². The van der Waals surface area contributed by atoms with Crippen LogP contribution in [0.5, 0.6) is 0 Å². The molecule has 0 radical (unpaired) electrons. The molecule has 0 spiro atoms. The fourth-order valence-corrected chi connectivity index (χ4v) is 11.4. The van der Waals surface area contributed by atoms with Crippen LogP contribution in [-0.2, 0) is 0 Å². The van der Waals surface area contributed by atoms with Crippen LogP contribution in [0.4, 0.5) is 0 Å². The summed E-state index contributed by atoms with van der Waals surface area (Å²) in [6.07, 6.45) is 64.5.